The van der Waals surface area contributed by atoms with Crippen LogP contribution in [0.5, 0.6) is 0 Å². The van der Waals surface area contributed by atoms with Crippen molar-refractivity contribution in [3.05, 3.63) is 95.1 Å². The molecule has 3 N–H and O–H groups in total. The van der Waals surface area contributed by atoms with E-state index in [1.165, 1.54) is 6.21 Å². The largest absolute Gasteiger partial charge is 0.478 e. The van der Waals surface area contributed by atoms with Gasteiger partial charge in [0.1, 0.15) is 0 Å². The highest BCUT2D eigenvalue weighted by Crippen LogP contribution is 2.32. The lowest BCUT2D eigenvalue weighted by Crippen LogP contribution is -2.03. The molecule has 1 atom stereocenters. The first-order valence-electron chi connectivity index (χ1n) is 8.20. The summed E-state index contributed by atoms with van der Waals surface area (Å²) in [5.41, 5.74) is 3.76. The fourth-order valence-corrected chi connectivity index (χ4v) is 3.14. The second-order valence-corrected chi connectivity index (χ2v) is 6.27. The van der Waals surface area contributed by atoms with Gasteiger partial charge >= 0.3 is 5.97 Å². The van der Waals surface area contributed by atoms with E-state index in [9.17, 15) is 9.90 Å². The van der Waals surface area contributed by atoms with Gasteiger partial charge in [-0.05, 0) is 35.4 Å². The van der Waals surface area contributed by atoms with Crippen LogP contribution < -0.4 is 5.32 Å². The van der Waals surface area contributed by atoms with Gasteiger partial charge in [-0.1, -0.05) is 53.7 Å². The summed E-state index contributed by atoms with van der Waals surface area (Å²) < 4.78 is 0. The Morgan fingerprint density at radius 1 is 1.04 bits per heavy atom. The van der Waals surface area contributed by atoms with Crippen molar-refractivity contribution in [1.82, 2.24) is 0 Å². The monoisotopic (exact) mass is 380 g/mol. The number of anilines is 2. The molecule has 1 unspecified atom stereocenters. The molecule has 0 amide bonds. The van der Waals surface area contributed by atoms with Gasteiger partial charge < -0.3 is 15.6 Å². The van der Waals surface area contributed by atoms with Gasteiger partial charge in [-0.2, -0.15) is 0 Å². The standard InChI is InChI=1S/C21H17ClN2O3/c22-20(17-9-2-1-6-15(17)13-23-27)14-7-5-8-16(12-14)24-19-11-4-3-10-18(19)21(25)26/h1-13,20,24,27H,(H,25,26)/b23-13-. The molecule has 6 heteroatoms. The predicted molar refractivity (Wildman–Crippen MR) is 107 cm³/mol. The van der Waals surface area contributed by atoms with Crippen LogP contribution in [0.15, 0.2) is 78.0 Å². The summed E-state index contributed by atoms with van der Waals surface area (Å²) in [4.78, 5) is 11.4. The molecule has 3 aromatic carbocycles. The Morgan fingerprint density at radius 3 is 2.56 bits per heavy atom. The molecule has 3 rings (SSSR count). The van der Waals surface area contributed by atoms with E-state index in [1.54, 1.807) is 24.3 Å². The smallest absolute Gasteiger partial charge is 0.337 e. The van der Waals surface area contributed by atoms with Crippen LogP contribution in [0.2, 0.25) is 0 Å². The Kier molecular flexibility index (Phi) is 5.74. The SMILES string of the molecule is O=C(O)c1ccccc1Nc1cccc(C(Cl)c2ccccc2/C=N\O)c1. The third kappa shape index (κ3) is 4.27. The quantitative estimate of drug-likeness (QED) is 0.235. The average Bonchev–Trinajstić information content (AvgIpc) is 2.68. The molecule has 0 aliphatic carbocycles. The van der Waals surface area contributed by atoms with Gasteiger partial charge in [0.2, 0.25) is 0 Å². The number of carbonyl (C=O) groups is 1. The number of hydrogen-bond acceptors (Lipinski definition) is 4. The molecule has 0 aliphatic heterocycles. The Hall–Kier alpha value is -3.31. The number of alkyl halides is 1. The number of rotatable bonds is 6. The summed E-state index contributed by atoms with van der Waals surface area (Å²) >= 11 is 6.66. The van der Waals surface area contributed by atoms with E-state index in [1.807, 2.05) is 48.5 Å². The van der Waals surface area contributed by atoms with Gasteiger partial charge in [0.25, 0.3) is 0 Å². The van der Waals surface area contributed by atoms with Crippen molar-refractivity contribution >= 4 is 35.2 Å². The number of nitrogens with one attached hydrogen (secondary N) is 1. The van der Waals surface area contributed by atoms with E-state index >= 15 is 0 Å². The van der Waals surface area contributed by atoms with Crippen LogP contribution in [0.4, 0.5) is 11.4 Å². The van der Waals surface area contributed by atoms with Gasteiger partial charge in [0, 0.05) is 11.3 Å². The zero-order valence-electron chi connectivity index (χ0n) is 14.2. The first-order chi connectivity index (χ1) is 13.1. The van der Waals surface area contributed by atoms with Crippen LogP contribution in [0, 0.1) is 0 Å². The predicted octanol–water partition coefficient (Wildman–Crippen LogP) is 5.26. The molecule has 0 spiro atoms. The van der Waals surface area contributed by atoms with Gasteiger partial charge in [-0.3, -0.25) is 0 Å². The van der Waals surface area contributed by atoms with Crippen LogP contribution in [-0.2, 0) is 0 Å². The van der Waals surface area contributed by atoms with E-state index in [0.717, 1.165) is 22.4 Å². The molecule has 0 fully saturated rings. The van der Waals surface area contributed by atoms with E-state index in [4.69, 9.17) is 16.8 Å². The lowest BCUT2D eigenvalue weighted by Gasteiger charge is -2.15. The summed E-state index contributed by atoms with van der Waals surface area (Å²) in [7, 11) is 0. The number of benzene rings is 3. The van der Waals surface area contributed by atoms with Crippen molar-refractivity contribution < 1.29 is 15.1 Å². The summed E-state index contributed by atoms with van der Waals surface area (Å²) in [6.07, 6.45) is 1.34. The number of para-hydroxylation sites is 1. The van der Waals surface area contributed by atoms with Gasteiger partial charge in [-0.25, -0.2) is 4.79 Å². The Morgan fingerprint density at radius 2 is 1.78 bits per heavy atom. The highest BCUT2D eigenvalue weighted by atomic mass is 35.5. The third-order valence-electron chi connectivity index (χ3n) is 4.08. The molecular weight excluding hydrogens is 364 g/mol. The molecule has 136 valence electrons. The molecule has 0 bridgehead atoms. The number of oxime groups is 1. The highest BCUT2D eigenvalue weighted by Gasteiger charge is 2.15. The fourth-order valence-electron chi connectivity index (χ4n) is 2.81. The average molecular weight is 381 g/mol. The van der Waals surface area contributed by atoms with Crippen molar-refractivity contribution in [2.45, 2.75) is 5.38 Å². The Bertz CT molecular complexity index is 988. The van der Waals surface area contributed by atoms with Crippen LogP contribution >= 0.6 is 11.6 Å². The molecule has 0 saturated heterocycles. The number of hydrogen-bond donors (Lipinski definition) is 3. The molecule has 0 aliphatic rings. The summed E-state index contributed by atoms with van der Waals surface area (Å²) in [6.45, 7) is 0. The van der Waals surface area contributed by atoms with Crippen molar-refractivity contribution in [1.29, 1.82) is 0 Å². The Labute approximate surface area is 161 Å². The van der Waals surface area contributed by atoms with E-state index in [2.05, 4.69) is 10.5 Å². The summed E-state index contributed by atoms with van der Waals surface area (Å²) in [6, 6.07) is 21.5. The summed E-state index contributed by atoms with van der Waals surface area (Å²) in [5, 5.41) is 23.9. The first kappa shape index (κ1) is 18.5. The maximum atomic E-state index is 11.4. The molecule has 27 heavy (non-hydrogen) atoms. The van der Waals surface area contributed by atoms with Crippen molar-refractivity contribution in [3.63, 3.8) is 0 Å². The van der Waals surface area contributed by atoms with E-state index in [-0.39, 0.29) is 5.56 Å². The molecular formula is C21H17ClN2O3. The van der Waals surface area contributed by atoms with Crippen molar-refractivity contribution in [3.8, 4) is 0 Å². The Balaban J connectivity index is 1.92. The minimum Gasteiger partial charge on any atom is -0.478 e. The normalized spacial score (nSPS) is 12.0. The lowest BCUT2D eigenvalue weighted by molar-refractivity contribution is 0.0698. The van der Waals surface area contributed by atoms with Crippen LogP contribution in [0.3, 0.4) is 0 Å². The number of carboxylic acids is 1. The zero-order valence-corrected chi connectivity index (χ0v) is 15.0. The molecule has 3 aromatic rings. The third-order valence-corrected chi connectivity index (χ3v) is 4.57. The first-order valence-corrected chi connectivity index (χ1v) is 8.63. The van der Waals surface area contributed by atoms with Crippen LogP contribution in [0.1, 0.15) is 32.4 Å². The number of aromatic carboxylic acids is 1. The molecule has 0 saturated carbocycles. The van der Waals surface area contributed by atoms with Crippen molar-refractivity contribution in [2.24, 2.45) is 5.16 Å². The molecule has 0 heterocycles. The topological polar surface area (TPSA) is 81.9 Å². The number of carboxylic acid groups (broad SMARTS) is 1. The van der Waals surface area contributed by atoms with Crippen molar-refractivity contribution in [2.75, 3.05) is 5.32 Å². The zero-order chi connectivity index (χ0) is 19.2. The second kappa shape index (κ2) is 8.38. The molecule has 0 aromatic heterocycles. The lowest BCUT2D eigenvalue weighted by atomic mass is 9.99. The molecule has 0 radical (unpaired) electrons. The van der Waals surface area contributed by atoms with Gasteiger partial charge in [-0.15, -0.1) is 11.6 Å². The summed E-state index contributed by atoms with van der Waals surface area (Å²) in [5.74, 6) is -0.998. The number of halogens is 1. The van der Waals surface area contributed by atoms with Crippen LogP contribution in [-0.4, -0.2) is 22.5 Å². The fraction of sp³-hybridized carbons (Fsp3) is 0.0476. The van der Waals surface area contributed by atoms with E-state index in [0.29, 0.717) is 5.69 Å². The van der Waals surface area contributed by atoms with Gasteiger partial charge in [0.15, 0.2) is 0 Å². The maximum Gasteiger partial charge on any atom is 0.337 e. The highest BCUT2D eigenvalue weighted by molar-refractivity contribution is 6.23. The second-order valence-electron chi connectivity index (χ2n) is 5.84. The minimum absolute atomic E-state index is 0.190. The van der Waals surface area contributed by atoms with Gasteiger partial charge in [0.05, 0.1) is 22.8 Å². The number of nitrogens with zero attached hydrogens (tertiary/aromatic N) is 1. The minimum atomic E-state index is -0.998. The van der Waals surface area contributed by atoms with E-state index < -0.39 is 11.3 Å². The van der Waals surface area contributed by atoms with Crippen LogP contribution in [0.25, 0.3) is 0 Å². The molecule has 5 nitrogen and oxygen atoms in total. The maximum absolute atomic E-state index is 11.4.